The van der Waals surface area contributed by atoms with Crippen LogP contribution in [0.5, 0.6) is 0 Å². The van der Waals surface area contributed by atoms with Crippen LogP contribution in [0.4, 0.5) is 0 Å². The molecule has 1 saturated heterocycles. The van der Waals surface area contributed by atoms with Crippen molar-refractivity contribution in [2.24, 2.45) is 0 Å². The zero-order valence-electron chi connectivity index (χ0n) is 16.1. The lowest BCUT2D eigenvalue weighted by Gasteiger charge is -2.32. The molecule has 4 rings (SSSR count). The molecular formula is C22H25ClN4O. The Kier molecular flexibility index (Phi) is 6.05. The average molecular weight is 397 g/mol. The van der Waals surface area contributed by atoms with Gasteiger partial charge in [-0.25, -0.2) is 0 Å². The molecule has 0 radical (unpaired) electrons. The minimum Gasteiger partial charge on any atom is -0.369 e. The van der Waals surface area contributed by atoms with Crippen LogP contribution in [-0.4, -0.2) is 39.4 Å². The van der Waals surface area contributed by atoms with E-state index in [1.807, 2.05) is 35.3 Å². The number of ether oxygens (including phenoxy) is 1. The highest BCUT2D eigenvalue weighted by molar-refractivity contribution is 6.31. The molecule has 3 aromatic rings. The second-order valence-corrected chi connectivity index (χ2v) is 7.57. The maximum atomic E-state index is 6.27. The van der Waals surface area contributed by atoms with Gasteiger partial charge in [0.2, 0.25) is 0 Å². The van der Waals surface area contributed by atoms with Gasteiger partial charge in [0.05, 0.1) is 18.5 Å². The lowest BCUT2D eigenvalue weighted by Crippen LogP contribution is -2.38. The van der Waals surface area contributed by atoms with Gasteiger partial charge in [0.25, 0.3) is 0 Å². The number of rotatable bonds is 6. The second-order valence-electron chi connectivity index (χ2n) is 7.16. The Hall–Kier alpha value is -2.21. The molecule has 146 valence electrons. The van der Waals surface area contributed by atoms with Gasteiger partial charge in [-0.15, -0.1) is 0 Å². The van der Waals surface area contributed by atoms with Gasteiger partial charge < -0.3 is 4.74 Å². The monoisotopic (exact) mass is 396 g/mol. The zero-order valence-corrected chi connectivity index (χ0v) is 16.8. The van der Waals surface area contributed by atoms with Crippen LogP contribution >= 0.6 is 11.6 Å². The summed E-state index contributed by atoms with van der Waals surface area (Å²) in [6.07, 6.45) is 6.80. The summed E-state index contributed by atoms with van der Waals surface area (Å²) in [6, 6.07) is 12.1. The summed E-state index contributed by atoms with van der Waals surface area (Å²) in [7, 11) is 0. The Morgan fingerprint density at radius 3 is 2.79 bits per heavy atom. The van der Waals surface area contributed by atoms with Crippen molar-refractivity contribution in [3.63, 3.8) is 0 Å². The summed E-state index contributed by atoms with van der Waals surface area (Å²) in [5.74, 6) is 0. The number of halogens is 1. The molecule has 0 aliphatic carbocycles. The Morgan fingerprint density at radius 2 is 2.04 bits per heavy atom. The van der Waals surface area contributed by atoms with Crippen LogP contribution in [0.15, 0.2) is 55.0 Å². The first-order chi connectivity index (χ1) is 13.7. The lowest BCUT2D eigenvalue weighted by atomic mass is 10.1. The third kappa shape index (κ3) is 4.61. The van der Waals surface area contributed by atoms with Gasteiger partial charge in [-0.05, 0) is 30.2 Å². The quantitative estimate of drug-likeness (QED) is 0.628. The Balaban J connectivity index is 1.38. The number of aromatic nitrogens is 3. The Bertz CT molecular complexity index is 909. The maximum Gasteiger partial charge on any atom is 0.112 e. The first-order valence-corrected chi connectivity index (χ1v) is 10.1. The predicted molar refractivity (Wildman–Crippen MR) is 110 cm³/mol. The van der Waals surface area contributed by atoms with Crippen molar-refractivity contribution >= 4 is 11.6 Å². The maximum absolute atomic E-state index is 6.27. The molecule has 0 spiro atoms. The van der Waals surface area contributed by atoms with Crippen molar-refractivity contribution < 1.29 is 4.74 Å². The number of pyridine rings is 1. The second kappa shape index (κ2) is 8.86. The molecule has 0 saturated carbocycles. The summed E-state index contributed by atoms with van der Waals surface area (Å²) in [4.78, 5) is 7.08. The summed E-state index contributed by atoms with van der Waals surface area (Å²) < 4.78 is 7.95. The molecular weight excluding hydrogens is 372 g/mol. The number of morpholine rings is 1. The van der Waals surface area contributed by atoms with E-state index in [1.54, 1.807) is 0 Å². The van der Waals surface area contributed by atoms with Crippen molar-refractivity contribution in [3.05, 3.63) is 82.4 Å². The molecule has 0 bridgehead atoms. The smallest absolute Gasteiger partial charge is 0.112 e. The van der Waals surface area contributed by atoms with E-state index in [1.165, 1.54) is 5.56 Å². The van der Waals surface area contributed by atoms with Crippen LogP contribution in [0.3, 0.4) is 0 Å². The minimum atomic E-state index is 0.00401. The molecule has 1 unspecified atom stereocenters. The first kappa shape index (κ1) is 19.1. The summed E-state index contributed by atoms with van der Waals surface area (Å²) >= 11 is 6.27. The van der Waals surface area contributed by atoms with Crippen molar-refractivity contribution in [3.8, 4) is 0 Å². The van der Waals surface area contributed by atoms with E-state index in [4.69, 9.17) is 16.3 Å². The fraction of sp³-hybridized carbons (Fsp3) is 0.364. The molecule has 2 aromatic heterocycles. The SMILES string of the molecule is CCn1cc(CN2CCOC(c3ccc(Cc4ccccc4Cl)cn3)C2)cn1. The lowest BCUT2D eigenvalue weighted by molar-refractivity contribution is -0.0350. The topological polar surface area (TPSA) is 43.2 Å². The minimum absolute atomic E-state index is 0.00401. The first-order valence-electron chi connectivity index (χ1n) is 9.75. The highest BCUT2D eigenvalue weighted by Gasteiger charge is 2.23. The molecule has 28 heavy (non-hydrogen) atoms. The number of hydrogen-bond acceptors (Lipinski definition) is 4. The molecule has 0 amide bonds. The predicted octanol–water partition coefficient (Wildman–Crippen LogP) is 4.12. The fourth-order valence-corrected chi connectivity index (χ4v) is 3.74. The van der Waals surface area contributed by atoms with Crippen molar-refractivity contribution in [1.29, 1.82) is 0 Å². The van der Waals surface area contributed by atoms with Crippen molar-refractivity contribution in [1.82, 2.24) is 19.7 Å². The summed E-state index contributed by atoms with van der Waals surface area (Å²) in [5.41, 5.74) is 4.49. The molecule has 1 aliphatic rings. The van der Waals surface area contributed by atoms with Crippen LogP contribution in [0, 0.1) is 0 Å². The van der Waals surface area contributed by atoms with E-state index in [2.05, 4.69) is 46.3 Å². The highest BCUT2D eigenvalue weighted by Crippen LogP contribution is 2.23. The van der Waals surface area contributed by atoms with E-state index < -0.39 is 0 Å². The van der Waals surface area contributed by atoms with Crippen LogP contribution in [0.2, 0.25) is 5.02 Å². The average Bonchev–Trinajstić information content (AvgIpc) is 3.18. The van der Waals surface area contributed by atoms with E-state index in [-0.39, 0.29) is 6.10 Å². The number of hydrogen-bond donors (Lipinski definition) is 0. The highest BCUT2D eigenvalue weighted by atomic mass is 35.5. The fourth-order valence-electron chi connectivity index (χ4n) is 3.54. The largest absolute Gasteiger partial charge is 0.369 e. The molecule has 1 fully saturated rings. The van der Waals surface area contributed by atoms with Crippen LogP contribution in [0.25, 0.3) is 0 Å². The van der Waals surface area contributed by atoms with Gasteiger partial charge >= 0.3 is 0 Å². The molecule has 1 aromatic carbocycles. The van der Waals surface area contributed by atoms with E-state index in [0.29, 0.717) is 0 Å². The van der Waals surface area contributed by atoms with Gasteiger partial charge in [0.1, 0.15) is 6.10 Å². The van der Waals surface area contributed by atoms with Crippen molar-refractivity contribution in [2.45, 2.75) is 32.5 Å². The van der Waals surface area contributed by atoms with Gasteiger partial charge in [-0.2, -0.15) is 5.10 Å². The van der Waals surface area contributed by atoms with Gasteiger partial charge in [0, 0.05) is 55.6 Å². The molecule has 1 atom stereocenters. The molecule has 1 aliphatic heterocycles. The van der Waals surface area contributed by atoms with Gasteiger partial charge in [-0.1, -0.05) is 35.9 Å². The van der Waals surface area contributed by atoms with E-state index >= 15 is 0 Å². The molecule has 0 N–H and O–H groups in total. The third-order valence-corrected chi connectivity index (χ3v) is 5.47. The van der Waals surface area contributed by atoms with Crippen LogP contribution in [0.1, 0.15) is 35.4 Å². The van der Waals surface area contributed by atoms with Gasteiger partial charge in [0.15, 0.2) is 0 Å². The normalized spacial score (nSPS) is 17.7. The standard InChI is InChI=1S/C22H25ClN4O/c1-2-27-15-18(13-25-27)14-26-9-10-28-22(16-26)21-8-7-17(12-24-21)11-19-5-3-4-6-20(19)23/h3-8,12-13,15,22H,2,9-11,14,16H2,1H3. The third-order valence-electron chi connectivity index (χ3n) is 5.10. The molecule has 6 heteroatoms. The Morgan fingerprint density at radius 1 is 1.14 bits per heavy atom. The van der Waals surface area contributed by atoms with E-state index in [9.17, 15) is 0 Å². The molecule has 3 heterocycles. The number of nitrogens with zero attached hydrogens (tertiary/aromatic N) is 4. The summed E-state index contributed by atoms with van der Waals surface area (Å²) in [6.45, 7) is 6.38. The van der Waals surface area contributed by atoms with Crippen LogP contribution < -0.4 is 0 Å². The van der Waals surface area contributed by atoms with Gasteiger partial charge in [-0.3, -0.25) is 14.6 Å². The molecule has 5 nitrogen and oxygen atoms in total. The number of aryl methyl sites for hydroxylation is 1. The number of benzene rings is 1. The van der Waals surface area contributed by atoms with Crippen LogP contribution in [-0.2, 0) is 24.2 Å². The zero-order chi connectivity index (χ0) is 19.3. The summed E-state index contributed by atoms with van der Waals surface area (Å²) in [5, 5.41) is 5.16. The van der Waals surface area contributed by atoms with Crippen molar-refractivity contribution in [2.75, 3.05) is 19.7 Å². The Labute approximate surface area is 170 Å². The van der Waals surface area contributed by atoms with E-state index in [0.717, 1.165) is 61.1 Å².